The summed E-state index contributed by atoms with van der Waals surface area (Å²) in [6, 6.07) is -0.639. The molecule has 1 amide bonds. The molecule has 96 valence electrons. The topological polar surface area (TPSA) is 66.8 Å². The van der Waals surface area contributed by atoms with Crippen molar-refractivity contribution < 1.29 is 19.4 Å². The fourth-order valence-electron chi connectivity index (χ4n) is 2.88. The Labute approximate surface area is 101 Å². The summed E-state index contributed by atoms with van der Waals surface area (Å²) in [5.41, 5.74) is -0.581. The van der Waals surface area contributed by atoms with Crippen molar-refractivity contribution in [1.82, 2.24) is 4.90 Å². The first kappa shape index (κ1) is 12.2. The normalized spacial score (nSPS) is 31.7. The Morgan fingerprint density at radius 1 is 1.29 bits per heavy atom. The average Bonchev–Trinajstić information content (AvgIpc) is 2.72. The van der Waals surface area contributed by atoms with Crippen LogP contribution in [0.4, 0.5) is 4.79 Å². The van der Waals surface area contributed by atoms with Crippen LogP contribution in [0.1, 0.15) is 40.0 Å². The molecule has 2 unspecified atom stereocenters. The highest BCUT2D eigenvalue weighted by molar-refractivity contribution is 5.82. The first-order valence-electron chi connectivity index (χ1n) is 6.04. The Morgan fingerprint density at radius 3 is 2.47 bits per heavy atom. The van der Waals surface area contributed by atoms with Gasteiger partial charge >= 0.3 is 12.1 Å². The molecule has 0 aromatic heterocycles. The summed E-state index contributed by atoms with van der Waals surface area (Å²) in [7, 11) is 0. The van der Waals surface area contributed by atoms with Gasteiger partial charge in [0.05, 0.1) is 0 Å². The zero-order valence-electron chi connectivity index (χ0n) is 10.5. The molecule has 0 aromatic rings. The van der Waals surface area contributed by atoms with Gasteiger partial charge < -0.3 is 9.84 Å². The number of carbonyl (C=O) groups is 2. The van der Waals surface area contributed by atoms with Crippen molar-refractivity contribution in [2.24, 2.45) is 5.92 Å². The van der Waals surface area contributed by atoms with E-state index in [1.54, 1.807) is 20.8 Å². The summed E-state index contributed by atoms with van der Waals surface area (Å²) >= 11 is 0. The Bertz CT molecular complexity index is 347. The molecule has 17 heavy (non-hydrogen) atoms. The van der Waals surface area contributed by atoms with Crippen LogP contribution in [0, 0.1) is 5.92 Å². The van der Waals surface area contributed by atoms with Crippen LogP contribution in [-0.4, -0.2) is 39.8 Å². The maximum Gasteiger partial charge on any atom is 0.411 e. The quantitative estimate of drug-likeness (QED) is 0.761. The van der Waals surface area contributed by atoms with E-state index in [-0.39, 0.29) is 12.0 Å². The molecule has 2 aliphatic rings. The number of carboxylic acid groups (broad SMARTS) is 1. The Kier molecular flexibility index (Phi) is 2.79. The van der Waals surface area contributed by atoms with E-state index in [2.05, 4.69) is 0 Å². The highest BCUT2D eigenvalue weighted by atomic mass is 16.6. The summed E-state index contributed by atoms with van der Waals surface area (Å²) in [6.45, 7) is 5.36. The molecule has 1 saturated carbocycles. The Balaban J connectivity index is 2.14. The number of likely N-dealkylation sites (tertiary alicyclic amines) is 1. The lowest BCUT2D eigenvalue weighted by atomic mass is 9.99. The maximum absolute atomic E-state index is 12.0. The van der Waals surface area contributed by atoms with E-state index in [9.17, 15) is 14.7 Å². The second-order valence-corrected chi connectivity index (χ2v) is 5.90. The van der Waals surface area contributed by atoms with Crippen molar-refractivity contribution in [3.8, 4) is 0 Å². The summed E-state index contributed by atoms with van der Waals surface area (Å²) < 4.78 is 5.28. The number of carboxylic acids is 1. The first-order valence-corrected chi connectivity index (χ1v) is 6.04. The molecule has 0 spiro atoms. The van der Waals surface area contributed by atoms with Crippen LogP contribution in [0.15, 0.2) is 0 Å². The number of nitrogens with zero attached hydrogens (tertiary/aromatic N) is 1. The smallest absolute Gasteiger partial charge is 0.411 e. The molecule has 0 aromatic carbocycles. The van der Waals surface area contributed by atoms with Crippen LogP contribution in [-0.2, 0) is 9.53 Å². The van der Waals surface area contributed by atoms with Crippen LogP contribution in [0.25, 0.3) is 0 Å². The number of hydrogen-bond donors (Lipinski definition) is 1. The number of fused-ring (bicyclic) bond motifs is 2. The number of piperidine rings is 1. The number of rotatable bonds is 1. The van der Waals surface area contributed by atoms with Crippen molar-refractivity contribution in [3.05, 3.63) is 0 Å². The van der Waals surface area contributed by atoms with Gasteiger partial charge in [-0.05, 0) is 46.0 Å². The van der Waals surface area contributed by atoms with Gasteiger partial charge in [-0.25, -0.2) is 9.59 Å². The van der Waals surface area contributed by atoms with E-state index < -0.39 is 23.7 Å². The predicted octanol–water partition coefficient (Wildman–Crippen LogP) is 1.86. The molecule has 5 heteroatoms. The molecule has 2 rings (SSSR count). The van der Waals surface area contributed by atoms with E-state index in [4.69, 9.17) is 4.74 Å². The summed E-state index contributed by atoms with van der Waals surface area (Å²) in [4.78, 5) is 24.7. The van der Waals surface area contributed by atoms with Crippen LogP contribution < -0.4 is 0 Å². The SMILES string of the molecule is CC(C)(C)OC(=O)N1C2CC[C@@H](C2)C1C(=O)O. The van der Waals surface area contributed by atoms with Gasteiger partial charge in [0, 0.05) is 6.04 Å². The lowest BCUT2D eigenvalue weighted by Gasteiger charge is -2.34. The lowest BCUT2D eigenvalue weighted by Crippen LogP contribution is -2.50. The minimum absolute atomic E-state index is 0.0518. The second kappa shape index (κ2) is 3.89. The van der Waals surface area contributed by atoms with Gasteiger partial charge in [-0.2, -0.15) is 0 Å². The number of carbonyl (C=O) groups excluding carboxylic acids is 1. The van der Waals surface area contributed by atoms with Crippen molar-refractivity contribution in [3.63, 3.8) is 0 Å². The first-order chi connectivity index (χ1) is 7.79. The Morgan fingerprint density at radius 2 is 1.94 bits per heavy atom. The van der Waals surface area contributed by atoms with Gasteiger partial charge in [0.15, 0.2) is 0 Å². The van der Waals surface area contributed by atoms with Gasteiger partial charge in [0.2, 0.25) is 0 Å². The predicted molar refractivity (Wildman–Crippen MR) is 60.6 cm³/mol. The third-order valence-electron chi connectivity index (χ3n) is 3.44. The Hall–Kier alpha value is -1.26. The molecule has 2 bridgehead atoms. The van der Waals surface area contributed by atoms with Gasteiger partial charge in [-0.1, -0.05) is 0 Å². The van der Waals surface area contributed by atoms with E-state index in [0.29, 0.717) is 0 Å². The van der Waals surface area contributed by atoms with Crippen LogP contribution >= 0.6 is 0 Å². The van der Waals surface area contributed by atoms with Crippen LogP contribution in [0.5, 0.6) is 0 Å². The molecule has 1 aliphatic carbocycles. The zero-order chi connectivity index (χ0) is 12.8. The zero-order valence-corrected chi connectivity index (χ0v) is 10.5. The van der Waals surface area contributed by atoms with Crippen LogP contribution in [0.2, 0.25) is 0 Å². The molecule has 1 aliphatic heterocycles. The van der Waals surface area contributed by atoms with Gasteiger partial charge in [-0.3, -0.25) is 4.90 Å². The standard InChI is InChI=1S/C12H19NO4/c1-12(2,3)17-11(16)13-8-5-4-7(6-8)9(13)10(14)15/h7-9H,4-6H2,1-3H3,(H,14,15)/t7-,8?,9?/m0/s1. The fraction of sp³-hybridized carbons (Fsp3) is 0.833. The van der Waals surface area contributed by atoms with Crippen molar-refractivity contribution >= 4 is 12.1 Å². The van der Waals surface area contributed by atoms with Crippen molar-refractivity contribution in [2.45, 2.75) is 57.7 Å². The molecule has 1 saturated heterocycles. The highest BCUT2D eigenvalue weighted by Gasteiger charge is 2.52. The molecule has 1 N–H and O–H groups in total. The lowest BCUT2D eigenvalue weighted by molar-refractivity contribution is -0.144. The summed E-state index contributed by atoms with van der Waals surface area (Å²) in [5, 5.41) is 9.20. The van der Waals surface area contributed by atoms with Crippen molar-refractivity contribution in [1.29, 1.82) is 0 Å². The average molecular weight is 241 g/mol. The highest BCUT2D eigenvalue weighted by Crippen LogP contribution is 2.43. The van der Waals surface area contributed by atoms with E-state index >= 15 is 0 Å². The minimum Gasteiger partial charge on any atom is -0.480 e. The maximum atomic E-state index is 12.0. The summed E-state index contributed by atoms with van der Waals surface area (Å²) in [6.07, 6.45) is 2.11. The van der Waals surface area contributed by atoms with E-state index in [0.717, 1.165) is 19.3 Å². The molecule has 1 heterocycles. The monoisotopic (exact) mass is 241 g/mol. The van der Waals surface area contributed by atoms with Gasteiger partial charge in [-0.15, -0.1) is 0 Å². The van der Waals surface area contributed by atoms with E-state index in [1.165, 1.54) is 4.90 Å². The second-order valence-electron chi connectivity index (χ2n) is 5.90. The molecule has 3 atom stereocenters. The molecule has 2 fully saturated rings. The molecule has 5 nitrogen and oxygen atoms in total. The van der Waals surface area contributed by atoms with Gasteiger partial charge in [0.1, 0.15) is 11.6 Å². The third-order valence-corrected chi connectivity index (χ3v) is 3.44. The fourth-order valence-corrected chi connectivity index (χ4v) is 2.88. The number of hydrogen-bond acceptors (Lipinski definition) is 3. The number of amides is 1. The molecule has 0 radical (unpaired) electrons. The van der Waals surface area contributed by atoms with Gasteiger partial charge in [0.25, 0.3) is 0 Å². The third kappa shape index (κ3) is 2.23. The van der Waals surface area contributed by atoms with Crippen LogP contribution in [0.3, 0.4) is 0 Å². The largest absolute Gasteiger partial charge is 0.480 e. The number of aliphatic carboxylic acids is 1. The minimum atomic E-state index is -0.914. The molecular weight excluding hydrogens is 222 g/mol. The van der Waals surface area contributed by atoms with E-state index in [1.807, 2.05) is 0 Å². The molecular formula is C12H19NO4. The summed E-state index contributed by atoms with van der Waals surface area (Å²) in [5.74, 6) is -0.812. The number of ether oxygens (including phenoxy) is 1. The van der Waals surface area contributed by atoms with Crippen molar-refractivity contribution in [2.75, 3.05) is 0 Å².